The summed E-state index contributed by atoms with van der Waals surface area (Å²) in [5.74, 6) is 0.695. The van der Waals surface area contributed by atoms with Crippen LogP contribution in [0.5, 0.6) is 0 Å². The molecule has 2 aliphatic carbocycles. The Hall–Kier alpha value is -2.99. The van der Waals surface area contributed by atoms with Crippen LogP contribution in [0.15, 0.2) is 72.9 Å². The van der Waals surface area contributed by atoms with Gasteiger partial charge in [-0.1, -0.05) is 18.2 Å². The van der Waals surface area contributed by atoms with Crippen molar-refractivity contribution in [3.8, 4) is 0 Å². The molecule has 1 aromatic heterocycles. The van der Waals surface area contributed by atoms with E-state index in [1.54, 1.807) is 12.1 Å². The third-order valence-corrected chi connectivity index (χ3v) is 6.64. The summed E-state index contributed by atoms with van der Waals surface area (Å²) in [6.45, 7) is 0.728. The maximum atomic E-state index is 13.5. The second kappa shape index (κ2) is 9.65. The molecule has 1 saturated carbocycles. The lowest BCUT2D eigenvalue weighted by atomic mass is 9.81. The molecule has 1 aromatic carbocycles. The Bertz CT molecular complexity index is 1060. The maximum absolute atomic E-state index is 13.5. The number of nitrogens with one attached hydrogen (secondary N) is 2. The van der Waals surface area contributed by atoms with Crippen LogP contribution in [0.25, 0.3) is 10.9 Å². The van der Waals surface area contributed by atoms with Crippen LogP contribution in [0.4, 0.5) is 4.39 Å². The van der Waals surface area contributed by atoms with Crippen molar-refractivity contribution in [2.75, 3.05) is 6.54 Å². The number of benzene rings is 1. The zero-order chi connectivity index (χ0) is 21.8. The number of halogens is 1. The standard InChI is InChI=1S/C26H29FN2O3/c27-20-8-11-22-23(15-29-24(22)14-20)18-6-9-21(10-7-18)28-16-25(19-4-2-1-3-5-19)32-26-17-30-12-13-31-26/h1-2,4,8,11-15,17-18,21,25,28-29H,3,5-7,9-10,16H2. The molecule has 0 saturated heterocycles. The molecule has 1 atom stereocenters. The van der Waals surface area contributed by atoms with Gasteiger partial charge in [0.05, 0.1) is 0 Å². The van der Waals surface area contributed by atoms with Crippen LogP contribution >= 0.6 is 0 Å². The fourth-order valence-corrected chi connectivity index (χ4v) is 4.92. The van der Waals surface area contributed by atoms with Crippen LogP contribution in [-0.4, -0.2) is 23.7 Å². The Morgan fingerprint density at radius 1 is 1.19 bits per heavy atom. The van der Waals surface area contributed by atoms with Gasteiger partial charge < -0.3 is 24.5 Å². The summed E-state index contributed by atoms with van der Waals surface area (Å²) >= 11 is 0. The molecule has 1 fully saturated rings. The predicted octanol–water partition coefficient (Wildman–Crippen LogP) is 5.90. The summed E-state index contributed by atoms with van der Waals surface area (Å²) in [6.07, 6.45) is 19.3. The molecule has 32 heavy (non-hydrogen) atoms. The highest BCUT2D eigenvalue weighted by atomic mass is 19.1. The zero-order valence-electron chi connectivity index (χ0n) is 18.1. The number of rotatable bonds is 7. The molecule has 0 amide bonds. The molecule has 6 heteroatoms. The largest absolute Gasteiger partial charge is 0.462 e. The average molecular weight is 437 g/mol. The Kier molecular flexibility index (Phi) is 6.30. The molecule has 168 valence electrons. The summed E-state index contributed by atoms with van der Waals surface area (Å²) in [6, 6.07) is 5.48. The topological polar surface area (TPSA) is 55.5 Å². The SMILES string of the molecule is Fc1ccc2c(C3CCC(NCC(OC4=COC=CO4)C4=CC=CCC4)CC3)c[nH]c2c1. The number of fused-ring (bicyclic) bond motifs is 1. The monoisotopic (exact) mass is 436 g/mol. The van der Waals surface area contributed by atoms with Gasteiger partial charge in [-0.25, -0.2) is 4.39 Å². The molecule has 1 unspecified atom stereocenters. The summed E-state index contributed by atoms with van der Waals surface area (Å²) in [5, 5.41) is 4.87. The Morgan fingerprint density at radius 3 is 2.88 bits per heavy atom. The Balaban J connectivity index is 1.18. The van der Waals surface area contributed by atoms with Crippen molar-refractivity contribution in [1.82, 2.24) is 10.3 Å². The van der Waals surface area contributed by atoms with Crippen molar-refractivity contribution in [2.24, 2.45) is 0 Å². The lowest BCUT2D eigenvalue weighted by Crippen LogP contribution is -2.39. The van der Waals surface area contributed by atoms with E-state index in [1.807, 2.05) is 6.07 Å². The first-order valence-electron chi connectivity index (χ1n) is 11.5. The highest BCUT2D eigenvalue weighted by molar-refractivity contribution is 5.83. The van der Waals surface area contributed by atoms with Crippen molar-refractivity contribution in [1.29, 1.82) is 0 Å². The predicted molar refractivity (Wildman–Crippen MR) is 122 cm³/mol. The number of H-pyrrole nitrogens is 1. The molecule has 0 spiro atoms. The number of aromatic nitrogens is 1. The van der Waals surface area contributed by atoms with Gasteiger partial charge >= 0.3 is 5.95 Å². The molecule has 0 radical (unpaired) electrons. The summed E-state index contributed by atoms with van der Waals surface area (Å²) in [7, 11) is 0. The van der Waals surface area contributed by atoms with Gasteiger partial charge in [0.1, 0.15) is 24.4 Å². The van der Waals surface area contributed by atoms with Crippen LogP contribution in [0, 0.1) is 5.82 Å². The minimum atomic E-state index is -0.198. The van der Waals surface area contributed by atoms with Crippen molar-refractivity contribution in [2.45, 2.75) is 56.6 Å². The smallest absolute Gasteiger partial charge is 0.321 e. The normalized spacial score (nSPS) is 23.8. The van der Waals surface area contributed by atoms with E-state index in [0.29, 0.717) is 17.9 Å². The van der Waals surface area contributed by atoms with E-state index >= 15 is 0 Å². The fourth-order valence-electron chi connectivity index (χ4n) is 4.92. The number of hydrogen-bond donors (Lipinski definition) is 2. The van der Waals surface area contributed by atoms with Gasteiger partial charge in [0, 0.05) is 29.7 Å². The van der Waals surface area contributed by atoms with Crippen LogP contribution in [-0.2, 0) is 14.2 Å². The Morgan fingerprint density at radius 2 is 2.09 bits per heavy atom. The van der Waals surface area contributed by atoms with Gasteiger partial charge in [0.2, 0.25) is 0 Å². The molecule has 2 aromatic rings. The van der Waals surface area contributed by atoms with Gasteiger partial charge in [-0.2, -0.15) is 0 Å². The van der Waals surface area contributed by atoms with Crippen LogP contribution < -0.4 is 5.32 Å². The molecular weight excluding hydrogens is 407 g/mol. The summed E-state index contributed by atoms with van der Waals surface area (Å²) < 4.78 is 30.2. The summed E-state index contributed by atoms with van der Waals surface area (Å²) in [5.41, 5.74) is 3.46. The highest BCUT2D eigenvalue weighted by Crippen LogP contribution is 2.37. The van der Waals surface area contributed by atoms with Crippen molar-refractivity contribution in [3.63, 3.8) is 0 Å². The molecule has 0 bridgehead atoms. The Labute approximate surface area is 187 Å². The molecule has 1 aliphatic heterocycles. The second-order valence-electron chi connectivity index (χ2n) is 8.67. The number of hydrogen-bond acceptors (Lipinski definition) is 4. The fraction of sp³-hybridized carbons (Fsp3) is 0.385. The first-order valence-corrected chi connectivity index (χ1v) is 11.5. The minimum Gasteiger partial charge on any atom is -0.462 e. The van der Waals surface area contributed by atoms with Crippen LogP contribution in [0.3, 0.4) is 0 Å². The van der Waals surface area contributed by atoms with Crippen LogP contribution in [0.1, 0.15) is 50.0 Å². The lowest BCUT2D eigenvalue weighted by molar-refractivity contribution is 0.0211. The summed E-state index contributed by atoms with van der Waals surface area (Å²) in [4.78, 5) is 3.24. The first kappa shape index (κ1) is 20.9. The third-order valence-electron chi connectivity index (χ3n) is 6.64. The van der Waals surface area contributed by atoms with E-state index in [4.69, 9.17) is 14.2 Å². The van der Waals surface area contributed by atoms with Gasteiger partial charge in [-0.15, -0.1) is 0 Å². The zero-order valence-corrected chi connectivity index (χ0v) is 18.1. The first-order chi connectivity index (χ1) is 15.8. The number of ether oxygens (including phenoxy) is 3. The van der Waals surface area contributed by atoms with Crippen molar-refractivity contribution < 1.29 is 18.6 Å². The number of aromatic amines is 1. The van der Waals surface area contributed by atoms with Gasteiger partial charge in [-0.05, 0) is 73.8 Å². The molecular formula is C26H29FN2O3. The number of allylic oxidation sites excluding steroid dienone is 3. The van der Waals surface area contributed by atoms with Gasteiger partial charge in [0.15, 0.2) is 6.26 Å². The molecule has 2 N–H and O–H groups in total. The van der Waals surface area contributed by atoms with Gasteiger partial charge in [-0.3, -0.25) is 0 Å². The third kappa shape index (κ3) is 4.75. The van der Waals surface area contributed by atoms with Crippen LogP contribution in [0.2, 0.25) is 0 Å². The lowest BCUT2D eigenvalue weighted by Gasteiger charge is -2.31. The quantitative estimate of drug-likeness (QED) is 0.567. The van der Waals surface area contributed by atoms with E-state index in [1.165, 1.54) is 29.9 Å². The molecule has 3 aliphatic rings. The minimum absolute atomic E-state index is 0.0949. The molecule has 2 heterocycles. The van der Waals surface area contributed by atoms with E-state index in [2.05, 4.69) is 34.7 Å². The molecule has 5 nitrogen and oxygen atoms in total. The van der Waals surface area contributed by atoms with Crippen molar-refractivity contribution >= 4 is 10.9 Å². The average Bonchev–Trinajstić information content (AvgIpc) is 3.26. The van der Waals surface area contributed by atoms with E-state index in [9.17, 15) is 4.39 Å². The highest BCUT2D eigenvalue weighted by Gasteiger charge is 2.26. The van der Waals surface area contributed by atoms with E-state index in [0.717, 1.165) is 56.0 Å². The second-order valence-corrected chi connectivity index (χ2v) is 8.67. The van der Waals surface area contributed by atoms with Gasteiger partial charge in [0.25, 0.3) is 0 Å². The van der Waals surface area contributed by atoms with E-state index in [-0.39, 0.29) is 11.9 Å². The van der Waals surface area contributed by atoms with E-state index < -0.39 is 0 Å². The maximum Gasteiger partial charge on any atom is 0.321 e. The molecule has 5 rings (SSSR count). The van der Waals surface area contributed by atoms with Crippen molar-refractivity contribution in [3.05, 3.63) is 84.3 Å².